The van der Waals surface area contributed by atoms with Crippen LogP contribution in [0.5, 0.6) is 0 Å². The van der Waals surface area contributed by atoms with Crippen molar-refractivity contribution < 1.29 is 9.59 Å². The molecule has 2 rings (SSSR count). The molecule has 8 heteroatoms. The van der Waals surface area contributed by atoms with Crippen molar-refractivity contribution in [1.29, 1.82) is 0 Å². The van der Waals surface area contributed by atoms with Crippen LogP contribution in [0.1, 0.15) is 25.3 Å². The van der Waals surface area contributed by atoms with Crippen molar-refractivity contribution in [3.8, 4) is 0 Å². The third-order valence-electron chi connectivity index (χ3n) is 3.68. The average molecular weight is 283 g/mol. The van der Waals surface area contributed by atoms with Crippen LogP contribution in [0.25, 0.3) is 0 Å². The molecule has 1 unspecified atom stereocenters. The number of amides is 2. The molecule has 7 nitrogen and oxygen atoms in total. The van der Waals surface area contributed by atoms with Crippen LogP contribution in [-0.2, 0) is 16.1 Å². The molecule has 3 N–H and O–H groups in total. The molecule has 1 atom stereocenters. The summed E-state index contributed by atoms with van der Waals surface area (Å²) >= 11 is 1.24. The summed E-state index contributed by atoms with van der Waals surface area (Å²) < 4.78 is 0. The van der Waals surface area contributed by atoms with E-state index >= 15 is 0 Å². The molecular weight excluding hydrogens is 266 g/mol. The Labute approximate surface area is 115 Å². The maximum absolute atomic E-state index is 12.2. The van der Waals surface area contributed by atoms with E-state index in [2.05, 4.69) is 15.5 Å². The second-order valence-corrected chi connectivity index (χ2v) is 6.21. The van der Waals surface area contributed by atoms with Gasteiger partial charge in [0.05, 0.1) is 12.5 Å². The molecule has 2 amide bonds. The zero-order chi connectivity index (χ0) is 14.2. The maximum Gasteiger partial charge on any atom is 0.226 e. The summed E-state index contributed by atoms with van der Waals surface area (Å²) in [5.74, 6) is -0.503. The number of hydrogen-bond acceptors (Lipinski definition) is 6. The molecule has 1 aromatic rings. The van der Waals surface area contributed by atoms with Crippen LogP contribution in [0.3, 0.4) is 0 Å². The first kappa shape index (κ1) is 13.7. The van der Waals surface area contributed by atoms with E-state index in [0.29, 0.717) is 10.1 Å². The summed E-state index contributed by atoms with van der Waals surface area (Å²) in [5, 5.41) is 11.3. The van der Waals surface area contributed by atoms with E-state index in [0.717, 1.165) is 0 Å². The number of nitrogen functional groups attached to an aromatic ring is 1. The Morgan fingerprint density at radius 1 is 1.58 bits per heavy atom. The molecule has 1 aromatic heterocycles. The molecule has 1 fully saturated rings. The molecule has 1 aliphatic rings. The molecule has 1 saturated heterocycles. The fraction of sp³-hybridized carbons (Fsp3) is 0.636. The van der Waals surface area contributed by atoms with Gasteiger partial charge in [-0.05, 0) is 13.8 Å². The second-order valence-electron chi connectivity index (χ2n) is 5.11. The Hall–Kier alpha value is -1.70. The summed E-state index contributed by atoms with van der Waals surface area (Å²) in [6.45, 7) is 4.08. The fourth-order valence-corrected chi connectivity index (χ4v) is 2.70. The van der Waals surface area contributed by atoms with Gasteiger partial charge in [0.15, 0.2) is 0 Å². The number of anilines is 1. The van der Waals surface area contributed by atoms with Crippen LogP contribution < -0.4 is 11.1 Å². The van der Waals surface area contributed by atoms with Crippen molar-refractivity contribution in [2.45, 2.75) is 32.4 Å². The molecule has 0 spiro atoms. The normalized spacial score (nSPS) is 21.7. The Bertz CT molecular complexity index is 513. The maximum atomic E-state index is 12.2. The predicted molar refractivity (Wildman–Crippen MR) is 71.1 cm³/mol. The average Bonchev–Trinajstić information content (AvgIpc) is 2.84. The topological polar surface area (TPSA) is 101 Å². The first-order chi connectivity index (χ1) is 8.82. The van der Waals surface area contributed by atoms with Gasteiger partial charge in [-0.25, -0.2) is 0 Å². The van der Waals surface area contributed by atoms with Crippen LogP contribution >= 0.6 is 11.3 Å². The van der Waals surface area contributed by atoms with Crippen molar-refractivity contribution in [3.63, 3.8) is 0 Å². The van der Waals surface area contributed by atoms with Crippen molar-refractivity contribution in [3.05, 3.63) is 5.01 Å². The Morgan fingerprint density at radius 2 is 2.26 bits per heavy atom. The number of aromatic nitrogens is 2. The Morgan fingerprint density at radius 3 is 2.74 bits per heavy atom. The minimum Gasteiger partial charge on any atom is -0.374 e. The highest BCUT2D eigenvalue weighted by atomic mass is 32.1. The molecule has 0 aromatic carbocycles. The first-order valence-electron chi connectivity index (χ1n) is 5.94. The van der Waals surface area contributed by atoms with Crippen molar-refractivity contribution >= 4 is 28.3 Å². The molecule has 0 bridgehead atoms. The standard InChI is InChI=1S/C11H17N5O2S/c1-11(2)6(4-8(17)16(11)3)9(18)13-5-7-14-15-10(12)19-7/h6H,4-5H2,1-3H3,(H2,12,15)(H,13,18). The number of rotatable bonds is 3. The predicted octanol–water partition coefficient (Wildman–Crippen LogP) is -0.00660. The highest BCUT2D eigenvalue weighted by Gasteiger charge is 2.47. The number of carbonyl (C=O) groups excluding carboxylic acids is 2. The Kier molecular flexibility index (Phi) is 3.44. The van der Waals surface area contributed by atoms with E-state index in [9.17, 15) is 9.59 Å². The second kappa shape index (κ2) is 4.76. The van der Waals surface area contributed by atoms with Gasteiger partial charge in [-0.1, -0.05) is 11.3 Å². The summed E-state index contributed by atoms with van der Waals surface area (Å²) in [5.41, 5.74) is 5.00. The molecule has 0 radical (unpaired) electrons. The zero-order valence-electron chi connectivity index (χ0n) is 11.1. The lowest BCUT2D eigenvalue weighted by Gasteiger charge is -2.32. The van der Waals surface area contributed by atoms with Crippen LogP contribution in [0.2, 0.25) is 0 Å². The van der Waals surface area contributed by atoms with E-state index in [1.807, 2.05) is 13.8 Å². The third kappa shape index (κ3) is 2.53. The SMILES string of the molecule is CN1C(=O)CC(C(=O)NCc2nnc(N)s2)C1(C)C. The number of nitrogens with zero attached hydrogens (tertiary/aromatic N) is 3. The van der Waals surface area contributed by atoms with Crippen molar-refractivity contribution in [2.75, 3.05) is 12.8 Å². The smallest absolute Gasteiger partial charge is 0.226 e. The van der Waals surface area contributed by atoms with Gasteiger partial charge in [-0.3, -0.25) is 9.59 Å². The van der Waals surface area contributed by atoms with Crippen LogP contribution in [0.15, 0.2) is 0 Å². The van der Waals surface area contributed by atoms with Crippen molar-refractivity contribution in [2.24, 2.45) is 5.92 Å². The lowest BCUT2D eigenvalue weighted by molar-refractivity contribution is -0.128. The monoisotopic (exact) mass is 283 g/mol. The lowest BCUT2D eigenvalue weighted by Crippen LogP contribution is -2.46. The minimum atomic E-state index is -0.471. The van der Waals surface area contributed by atoms with Gasteiger partial charge >= 0.3 is 0 Å². The van der Waals surface area contributed by atoms with E-state index in [4.69, 9.17) is 5.73 Å². The van der Waals surface area contributed by atoms with Gasteiger partial charge in [0.25, 0.3) is 0 Å². The zero-order valence-corrected chi connectivity index (χ0v) is 12.0. The van der Waals surface area contributed by atoms with Crippen LogP contribution in [0, 0.1) is 5.92 Å². The van der Waals surface area contributed by atoms with Gasteiger partial charge in [-0.2, -0.15) is 0 Å². The first-order valence-corrected chi connectivity index (χ1v) is 6.76. The number of nitrogens with two attached hydrogens (primary N) is 1. The Balaban J connectivity index is 1.99. The molecule has 0 aliphatic carbocycles. The molecule has 0 saturated carbocycles. The van der Waals surface area contributed by atoms with Gasteiger partial charge < -0.3 is 16.0 Å². The van der Waals surface area contributed by atoms with Gasteiger partial charge in [0, 0.05) is 19.0 Å². The van der Waals surface area contributed by atoms with Gasteiger partial charge in [-0.15, -0.1) is 10.2 Å². The lowest BCUT2D eigenvalue weighted by atomic mass is 9.88. The largest absolute Gasteiger partial charge is 0.374 e. The third-order valence-corrected chi connectivity index (χ3v) is 4.44. The van der Waals surface area contributed by atoms with Crippen LogP contribution in [-0.4, -0.2) is 39.5 Å². The van der Waals surface area contributed by atoms with E-state index in [1.54, 1.807) is 11.9 Å². The summed E-state index contributed by atoms with van der Waals surface area (Å²) in [7, 11) is 1.72. The number of nitrogens with one attached hydrogen (secondary N) is 1. The van der Waals surface area contributed by atoms with Gasteiger partial charge in [0.2, 0.25) is 16.9 Å². The number of likely N-dealkylation sites (tertiary alicyclic amines) is 1. The summed E-state index contributed by atoms with van der Waals surface area (Å²) in [6, 6.07) is 0. The van der Waals surface area contributed by atoms with Crippen molar-refractivity contribution in [1.82, 2.24) is 20.4 Å². The van der Waals surface area contributed by atoms with Gasteiger partial charge in [0.1, 0.15) is 5.01 Å². The quantitative estimate of drug-likeness (QED) is 0.812. The van der Waals surface area contributed by atoms with E-state index < -0.39 is 5.54 Å². The van der Waals surface area contributed by atoms with E-state index in [-0.39, 0.29) is 30.7 Å². The molecule has 104 valence electrons. The summed E-state index contributed by atoms with van der Waals surface area (Å²) in [4.78, 5) is 25.5. The number of hydrogen-bond donors (Lipinski definition) is 2. The highest BCUT2D eigenvalue weighted by molar-refractivity contribution is 7.15. The molecule has 2 heterocycles. The number of carbonyl (C=O) groups is 2. The highest BCUT2D eigenvalue weighted by Crippen LogP contribution is 2.34. The molecule has 1 aliphatic heterocycles. The summed E-state index contributed by atoms with van der Waals surface area (Å²) in [6.07, 6.45) is 0.244. The molecule has 19 heavy (non-hydrogen) atoms. The van der Waals surface area contributed by atoms with Crippen LogP contribution in [0.4, 0.5) is 5.13 Å². The fourth-order valence-electron chi connectivity index (χ4n) is 2.15. The minimum absolute atomic E-state index is 0.00897. The molecular formula is C11H17N5O2S. The van der Waals surface area contributed by atoms with E-state index in [1.165, 1.54) is 11.3 Å².